The van der Waals surface area contributed by atoms with Crippen molar-refractivity contribution in [3.05, 3.63) is 96.2 Å². The maximum absolute atomic E-state index is 13.9. The molecule has 8 nitrogen and oxygen atoms in total. The summed E-state index contributed by atoms with van der Waals surface area (Å²) in [6, 6.07) is 25.2. The summed E-state index contributed by atoms with van der Waals surface area (Å²) in [6.45, 7) is 3.75. The standard InChI is InChI=1S/C32H34N4O4/c1-38-26-13-11-25(12-14-26)36-30(23-29(33-36)28-16-15-27(39-2)22-31(28)40-3)32(37)35-20-18-34(19-21-35)17-7-10-24-8-5-4-6-9-24/h4-16,22-23H,17-21H2,1-3H3. The smallest absolute Gasteiger partial charge is 0.272 e. The minimum atomic E-state index is -0.0541. The molecule has 0 saturated carbocycles. The molecule has 4 aromatic rings. The van der Waals surface area contributed by atoms with Gasteiger partial charge >= 0.3 is 0 Å². The average molecular weight is 539 g/mol. The zero-order valence-electron chi connectivity index (χ0n) is 23.1. The van der Waals surface area contributed by atoms with E-state index in [2.05, 4.69) is 29.2 Å². The van der Waals surface area contributed by atoms with Crippen molar-refractivity contribution < 1.29 is 19.0 Å². The predicted octanol–water partition coefficient (Wildman–Crippen LogP) is 5.04. The highest BCUT2D eigenvalue weighted by Crippen LogP contribution is 2.34. The van der Waals surface area contributed by atoms with Gasteiger partial charge in [-0.2, -0.15) is 5.10 Å². The monoisotopic (exact) mass is 538 g/mol. The van der Waals surface area contributed by atoms with E-state index in [9.17, 15) is 4.79 Å². The molecule has 0 N–H and O–H groups in total. The Morgan fingerprint density at radius 2 is 1.52 bits per heavy atom. The second-order valence-corrected chi connectivity index (χ2v) is 9.50. The first kappa shape index (κ1) is 27.0. The number of piperazine rings is 1. The zero-order valence-corrected chi connectivity index (χ0v) is 23.1. The van der Waals surface area contributed by atoms with Crippen molar-refractivity contribution in [3.8, 4) is 34.2 Å². The Balaban J connectivity index is 1.37. The first-order chi connectivity index (χ1) is 19.6. The predicted molar refractivity (Wildman–Crippen MR) is 156 cm³/mol. The van der Waals surface area contributed by atoms with E-state index < -0.39 is 0 Å². The van der Waals surface area contributed by atoms with Gasteiger partial charge in [0.05, 0.1) is 32.7 Å². The zero-order chi connectivity index (χ0) is 27.9. The molecule has 40 heavy (non-hydrogen) atoms. The lowest BCUT2D eigenvalue weighted by molar-refractivity contribution is 0.0641. The van der Waals surface area contributed by atoms with Crippen LogP contribution in [-0.4, -0.2) is 79.5 Å². The second kappa shape index (κ2) is 12.5. The summed E-state index contributed by atoms with van der Waals surface area (Å²) in [6.07, 6.45) is 4.32. The van der Waals surface area contributed by atoms with Crippen LogP contribution in [0.1, 0.15) is 16.1 Å². The molecule has 2 heterocycles. The molecule has 1 amide bonds. The number of nitrogens with zero attached hydrogens (tertiary/aromatic N) is 4. The van der Waals surface area contributed by atoms with Crippen LogP contribution in [0.4, 0.5) is 0 Å². The van der Waals surface area contributed by atoms with Gasteiger partial charge in [-0.3, -0.25) is 9.69 Å². The van der Waals surface area contributed by atoms with Crippen molar-refractivity contribution in [2.75, 3.05) is 54.1 Å². The lowest BCUT2D eigenvalue weighted by Gasteiger charge is -2.34. The quantitative estimate of drug-likeness (QED) is 0.298. The fourth-order valence-corrected chi connectivity index (χ4v) is 4.79. The molecule has 0 bridgehead atoms. The minimum Gasteiger partial charge on any atom is -0.497 e. The highest BCUT2D eigenvalue weighted by atomic mass is 16.5. The number of carbonyl (C=O) groups is 1. The summed E-state index contributed by atoms with van der Waals surface area (Å²) in [4.78, 5) is 18.1. The molecule has 1 saturated heterocycles. The number of rotatable bonds is 9. The van der Waals surface area contributed by atoms with Crippen LogP contribution in [0.5, 0.6) is 17.2 Å². The van der Waals surface area contributed by atoms with E-state index in [0.29, 0.717) is 36.0 Å². The molecule has 0 atom stereocenters. The summed E-state index contributed by atoms with van der Waals surface area (Å²) < 4.78 is 18.0. The Morgan fingerprint density at radius 3 is 2.20 bits per heavy atom. The van der Waals surface area contributed by atoms with Crippen molar-refractivity contribution in [1.29, 1.82) is 0 Å². The molecule has 0 unspecified atom stereocenters. The fourth-order valence-electron chi connectivity index (χ4n) is 4.79. The molecule has 206 valence electrons. The number of hydrogen-bond acceptors (Lipinski definition) is 6. The Kier molecular flexibility index (Phi) is 8.47. The van der Waals surface area contributed by atoms with Crippen LogP contribution in [-0.2, 0) is 0 Å². The first-order valence-electron chi connectivity index (χ1n) is 13.3. The molecular weight excluding hydrogens is 504 g/mol. The number of ether oxygens (including phenoxy) is 3. The Bertz CT molecular complexity index is 1460. The van der Waals surface area contributed by atoms with Gasteiger partial charge in [0.25, 0.3) is 5.91 Å². The third kappa shape index (κ3) is 6.02. The fraction of sp³-hybridized carbons (Fsp3) is 0.250. The normalized spacial score (nSPS) is 13.9. The third-order valence-corrected chi connectivity index (χ3v) is 7.06. The molecule has 0 radical (unpaired) electrons. The molecule has 1 fully saturated rings. The molecular formula is C32H34N4O4. The summed E-state index contributed by atoms with van der Waals surface area (Å²) in [5.41, 5.74) is 3.87. The van der Waals surface area contributed by atoms with E-state index in [0.717, 1.165) is 36.6 Å². The van der Waals surface area contributed by atoms with Gasteiger partial charge in [0.1, 0.15) is 22.9 Å². The van der Waals surface area contributed by atoms with E-state index in [1.165, 1.54) is 5.56 Å². The topological polar surface area (TPSA) is 69.1 Å². The van der Waals surface area contributed by atoms with Gasteiger partial charge in [0.2, 0.25) is 0 Å². The number of benzene rings is 3. The summed E-state index contributed by atoms with van der Waals surface area (Å²) in [5, 5.41) is 4.86. The van der Waals surface area contributed by atoms with Crippen LogP contribution < -0.4 is 14.2 Å². The van der Waals surface area contributed by atoms with Gasteiger partial charge in [-0.05, 0) is 48.0 Å². The minimum absolute atomic E-state index is 0.0541. The lowest BCUT2D eigenvalue weighted by atomic mass is 10.1. The van der Waals surface area contributed by atoms with Crippen LogP contribution in [0, 0.1) is 0 Å². The van der Waals surface area contributed by atoms with Crippen molar-refractivity contribution in [2.24, 2.45) is 0 Å². The molecule has 3 aromatic carbocycles. The summed E-state index contributed by atoms with van der Waals surface area (Å²) in [7, 11) is 4.85. The highest BCUT2D eigenvalue weighted by Gasteiger charge is 2.26. The van der Waals surface area contributed by atoms with E-state index in [-0.39, 0.29) is 5.91 Å². The average Bonchev–Trinajstić information content (AvgIpc) is 3.46. The molecule has 5 rings (SSSR count). The molecule has 1 aliphatic rings. The SMILES string of the molecule is COc1ccc(-n2nc(-c3ccc(OC)cc3OC)cc2C(=O)N2CCN(CC=Cc3ccccc3)CC2)cc1. The second-order valence-electron chi connectivity index (χ2n) is 9.50. The first-order valence-corrected chi connectivity index (χ1v) is 13.3. The number of hydrogen-bond donors (Lipinski definition) is 0. The number of methoxy groups -OCH3 is 3. The molecule has 8 heteroatoms. The van der Waals surface area contributed by atoms with E-state index in [1.807, 2.05) is 71.6 Å². The van der Waals surface area contributed by atoms with Crippen LogP contribution in [0.15, 0.2) is 84.9 Å². The lowest BCUT2D eigenvalue weighted by Crippen LogP contribution is -2.49. The van der Waals surface area contributed by atoms with Crippen LogP contribution in [0.3, 0.4) is 0 Å². The summed E-state index contributed by atoms with van der Waals surface area (Å²) in [5.74, 6) is 1.98. The molecule has 0 spiro atoms. The molecule has 1 aromatic heterocycles. The largest absolute Gasteiger partial charge is 0.497 e. The van der Waals surface area contributed by atoms with Gasteiger partial charge in [0, 0.05) is 44.4 Å². The van der Waals surface area contributed by atoms with Gasteiger partial charge in [-0.15, -0.1) is 0 Å². The van der Waals surface area contributed by atoms with Crippen LogP contribution in [0.25, 0.3) is 23.0 Å². The number of amides is 1. The van der Waals surface area contributed by atoms with Crippen LogP contribution >= 0.6 is 0 Å². The maximum Gasteiger partial charge on any atom is 0.272 e. The number of carbonyl (C=O) groups excluding carboxylic acids is 1. The Labute approximate surface area is 235 Å². The van der Waals surface area contributed by atoms with Crippen molar-refractivity contribution in [2.45, 2.75) is 0 Å². The van der Waals surface area contributed by atoms with Gasteiger partial charge in [0.15, 0.2) is 0 Å². The van der Waals surface area contributed by atoms with Crippen LogP contribution in [0.2, 0.25) is 0 Å². The van der Waals surface area contributed by atoms with Crippen molar-refractivity contribution in [3.63, 3.8) is 0 Å². The highest BCUT2D eigenvalue weighted by molar-refractivity contribution is 5.94. The summed E-state index contributed by atoms with van der Waals surface area (Å²) >= 11 is 0. The Hall–Kier alpha value is -4.56. The van der Waals surface area contributed by atoms with E-state index in [1.54, 1.807) is 26.0 Å². The van der Waals surface area contributed by atoms with E-state index in [4.69, 9.17) is 19.3 Å². The molecule has 1 aliphatic heterocycles. The molecule has 0 aliphatic carbocycles. The maximum atomic E-state index is 13.9. The van der Waals surface area contributed by atoms with Gasteiger partial charge in [-0.1, -0.05) is 42.5 Å². The van der Waals surface area contributed by atoms with Crippen molar-refractivity contribution >= 4 is 12.0 Å². The number of aromatic nitrogens is 2. The van der Waals surface area contributed by atoms with Gasteiger partial charge in [-0.25, -0.2) is 4.68 Å². The Morgan fingerprint density at radius 1 is 0.825 bits per heavy atom. The van der Waals surface area contributed by atoms with Gasteiger partial charge < -0.3 is 19.1 Å². The van der Waals surface area contributed by atoms with E-state index >= 15 is 0 Å². The van der Waals surface area contributed by atoms with Crippen molar-refractivity contribution in [1.82, 2.24) is 19.6 Å². The third-order valence-electron chi connectivity index (χ3n) is 7.06.